The molecule has 1 fully saturated rings. The van der Waals surface area contributed by atoms with Gasteiger partial charge in [0.15, 0.2) is 0 Å². The van der Waals surface area contributed by atoms with Crippen LogP contribution in [0.5, 0.6) is 0 Å². The third-order valence-corrected chi connectivity index (χ3v) is 7.60. The van der Waals surface area contributed by atoms with Crippen LogP contribution in [0.3, 0.4) is 0 Å². The van der Waals surface area contributed by atoms with Crippen LogP contribution in [0, 0.1) is 5.92 Å². The summed E-state index contributed by atoms with van der Waals surface area (Å²) in [5, 5.41) is 2.82. The fraction of sp³-hybridized carbons (Fsp3) is 0.562. The minimum atomic E-state index is -3.75. The molecule has 1 heterocycles. The van der Waals surface area contributed by atoms with Crippen LogP contribution in [-0.2, 0) is 24.9 Å². The van der Waals surface area contributed by atoms with E-state index in [2.05, 4.69) is 5.32 Å². The molecule has 0 bridgehead atoms. The molecule has 1 N–H and O–H groups in total. The van der Waals surface area contributed by atoms with Crippen molar-refractivity contribution in [2.45, 2.75) is 17.7 Å². The Hall–Kier alpha value is -1.53. The van der Waals surface area contributed by atoms with Crippen molar-refractivity contribution in [1.29, 1.82) is 0 Å². The Kier molecular flexibility index (Phi) is 6.98. The maximum Gasteiger partial charge on any atom is 0.264 e. The molecule has 0 saturated carbocycles. The number of nitrogens with one attached hydrogen (secondary N) is 1. The van der Waals surface area contributed by atoms with Gasteiger partial charge in [-0.25, -0.2) is 21.1 Å². The van der Waals surface area contributed by atoms with Gasteiger partial charge in [-0.15, -0.1) is 0 Å². The molecular formula is C16H25N3O6S2. The van der Waals surface area contributed by atoms with E-state index < -0.39 is 20.0 Å². The molecule has 1 aromatic carbocycles. The topological polar surface area (TPSA) is 113 Å². The summed E-state index contributed by atoms with van der Waals surface area (Å²) < 4.78 is 49.5. The summed E-state index contributed by atoms with van der Waals surface area (Å²) in [6, 6.07) is 5.59. The summed E-state index contributed by atoms with van der Waals surface area (Å²) in [7, 11) is -4.38. The maximum atomic E-state index is 12.3. The summed E-state index contributed by atoms with van der Waals surface area (Å²) >= 11 is 0. The first-order valence-electron chi connectivity index (χ1n) is 8.42. The zero-order valence-electron chi connectivity index (χ0n) is 15.6. The number of carbonyl (C=O) groups is 1. The summed E-state index contributed by atoms with van der Waals surface area (Å²) in [6.45, 7) is 1.36. The van der Waals surface area contributed by atoms with Crippen LogP contribution >= 0.6 is 0 Å². The van der Waals surface area contributed by atoms with Gasteiger partial charge in [-0.3, -0.25) is 9.63 Å². The largest absolute Gasteiger partial charge is 0.352 e. The summed E-state index contributed by atoms with van der Waals surface area (Å²) in [5.74, 6) is -0.0912. The minimum Gasteiger partial charge on any atom is -0.352 e. The van der Waals surface area contributed by atoms with Crippen molar-refractivity contribution < 1.29 is 26.5 Å². The third kappa shape index (κ3) is 5.48. The second-order valence-electron chi connectivity index (χ2n) is 6.44. The van der Waals surface area contributed by atoms with Gasteiger partial charge in [0.1, 0.15) is 0 Å². The van der Waals surface area contributed by atoms with Gasteiger partial charge in [-0.1, -0.05) is 4.47 Å². The first-order valence-corrected chi connectivity index (χ1v) is 11.7. The van der Waals surface area contributed by atoms with Crippen molar-refractivity contribution in [2.24, 2.45) is 5.92 Å². The first kappa shape index (κ1) is 21.8. The Balaban J connectivity index is 1.90. The van der Waals surface area contributed by atoms with Crippen LogP contribution in [-0.4, -0.2) is 71.6 Å². The van der Waals surface area contributed by atoms with Gasteiger partial charge in [0.05, 0.1) is 18.3 Å². The quantitative estimate of drug-likeness (QED) is 0.635. The van der Waals surface area contributed by atoms with Crippen molar-refractivity contribution in [1.82, 2.24) is 14.1 Å². The van der Waals surface area contributed by atoms with Gasteiger partial charge >= 0.3 is 0 Å². The van der Waals surface area contributed by atoms with E-state index in [9.17, 15) is 21.6 Å². The minimum absolute atomic E-state index is 0.0246. The molecule has 2 rings (SSSR count). The van der Waals surface area contributed by atoms with Crippen molar-refractivity contribution >= 4 is 26.0 Å². The van der Waals surface area contributed by atoms with E-state index in [0.717, 1.165) is 4.47 Å². The molecule has 11 heteroatoms. The Morgan fingerprint density at radius 3 is 2.22 bits per heavy atom. The van der Waals surface area contributed by atoms with Crippen LogP contribution in [0.4, 0.5) is 0 Å². The lowest BCUT2D eigenvalue weighted by molar-refractivity contribution is -0.0258. The molecular weight excluding hydrogens is 394 g/mol. The molecule has 1 aliphatic heterocycles. The molecule has 1 amide bonds. The normalized spacial score (nSPS) is 17.2. The van der Waals surface area contributed by atoms with E-state index in [1.165, 1.54) is 49.0 Å². The Labute approximate surface area is 160 Å². The summed E-state index contributed by atoms with van der Waals surface area (Å²) in [6.07, 6.45) is 2.57. The first-order chi connectivity index (χ1) is 12.6. The predicted molar refractivity (Wildman–Crippen MR) is 99.9 cm³/mol. The number of nitrogens with zero attached hydrogens (tertiary/aromatic N) is 2. The summed E-state index contributed by atoms with van der Waals surface area (Å²) in [4.78, 5) is 17.0. The van der Waals surface area contributed by atoms with Gasteiger partial charge < -0.3 is 5.32 Å². The number of benzene rings is 1. The fourth-order valence-electron chi connectivity index (χ4n) is 2.81. The zero-order chi connectivity index (χ0) is 20.2. The SMILES string of the molecule is CON(C)S(=O)(=O)c1ccc(C(=O)NCC2CCN(S(C)(=O)=O)CC2)cc1. The monoisotopic (exact) mass is 419 g/mol. The molecule has 9 nitrogen and oxygen atoms in total. The number of rotatable bonds is 7. The van der Waals surface area contributed by atoms with Crippen LogP contribution in [0.25, 0.3) is 0 Å². The van der Waals surface area contributed by atoms with Gasteiger partial charge in [0, 0.05) is 32.2 Å². The number of sulfonamides is 2. The van der Waals surface area contributed by atoms with Crippen LogP contribution in [0.15, 0.2) is 29.2 Å². The summed E-state index contributed by atoms with van der Waals surface area (Å²) in [5.41, 5.74) is 0.350. The second-order valence-corrected chi connectivity index (χ2v) is 10.4. The predicted octanol–water partition coefficient (Wildman–Crippen LogP) is 0.270. The van der Waals surface area contributed by atoms with E-state index >= 15 is 0 Å². The average Bonchev–Trinajstić information content (AvgIpc) is 2.65. The maximum absolute atomic E-state index is 12.3. The highest BCUT2D eigenvalue weighted by Gasteiger charge is 2.25. The lowest BCUT2D eigenvalue weighted by atomic mass is 9.98. The van der Waals surface area contributed by atoms with Crippen molar-refractivity contribution in [3.05, 3.63) is 29.8 Å². The highest BCUT2D eigenvalue weighted by molar-refractivity contribution is 7.89. The molecule has 152 valence electrons. The molecule has 0 aromatic heterocycles. The van der Waals surface area contributed by atoms with E-state index in [0.29, 0.717) is 38.0 Å². The van der Waals surface area contributed by atoms with Crippen LogP contribution < -0.4 is 5.32 Å². The van der Waals surface area contributed by atoms with Crippen molar-refractivity contribution in [3.63, 3.8) is 0 Å². The standard InChI is InChI=1S/C16H25N3O6S2/c1-18(25-2)27(23,24)15-6-4-14(5-7-15)16(20)17-12-13-8-10-19(11-9-13)26(3,21)22/h4-7,13H,8-12H2,1-3H3,(H,17,20). The smallest absolute Gasteiger partial charge is 0.264 e. The number of piperidine rings is 1. The molecule has 1 aliphatic rings. The number of hydrogen-bond acceptors (Lipinski definition) is 6. The molecule has 0 atom stereocenters. The highest BCUT2D eigenvalue weighted by Crippen LogP contribution is 2.19. The molecule has 0 aliphatic carbocycles. The molecule has 1 aromatic rings. The highest BCUT2D eigenvalue weighted by atomic mass is 32.2. The van der Waals surface area contributed by atoms with Crippen molar-refractivity contribution in [3.8, 4) is 0 Å². The van der Waals surface area contributed by atoms with E-state index in [1.54, 1.807) is 0 Å². The second kappa shape index (κ2) is 8.65. The molecule has 0 spiro atoms. The van der Waals surface area contributed by atoms with Gasteiger partial charge in [0.2, 0.25) is 10.0 Å². The fourth-order valence-corrected chi connectivity index (χ4v) is 4.66. The van der Waals surface area contributed by atoms with E-state index in [4.69, 9.17) is 4.84 Å². The Bertz CT molecular complexity index is 860. The molecule has 27 heavy (non-hydrogen) atoms. The molecule has 0 radical (unpaired) electrons. The lowest BCUT2D eigenvalue weighted by Gasteiger charge is -2.30. The molecule has 1 saturated heterocycles. The number of carbonyl (C=O) groups excluding carboxylic acids is 1. The number of amides is 1. The van der Waals surface area contributed by atoms with Crippen LogP contribution in [0.2, 0.25) is 0 Å². The van der Waals surface area contributed by atoms with Gasteiger partial charge in [-0.05, 0) is 43.0 Å². The van der Waals surface area contributed by atoms with Gasteiger partial charge in [0.25, 0.3) is 15.9 Å². The number of hydroxylamine groups is 1. The van der Waals surface area contributed by atoms with Crippen molar-refractivity contribution in [2.75, 3.05) is 40.0 Å². The van der Waals surface area contributed by atoms with Gasteiger partial charge in [-0.2, -0.15) is 0 Å². The average molecular weight is 420 g/mol. The number of hydrogen-bond donors (Lipinski definition) is 1. The Morgan fingerprint density at radius 1 is 1.19 bits per heavy atom. The van der Waals surface area contributed by atoms with E-state index in [-0.39, 0.29) is 16.7 Å². The van der Waals surface area contributed by atoms with Crippen LogP contribution in [0.1, 0.15) is 23.2 Å². The Morgan fingerprint density at radius 2 is 1.74 bits per heavy atom. The van der Waals surface area contributed by atoms with E-state index in [1.807, 2.05) is 0 Å². The zero-order valence-corrected chi connectivity index (χ0v) is 17.2. The lowest BCUT2D eigenvalue weighted by Crippen LogP contribution is -2.41. The molecule has 0 unspecified atom stereocenters. The third-order valence-electron chi connectivity index (χ3n) is 4.60.